The summed E-state index contributed by atoms with van der Waals surface area (Å²) in [6, 6.07) is 7.09. The zero-order valence-corrected chi connectivity index (χ0v) is 14.8. The van der Waals surface area contributed by atoms with E-state index in [0.29, 0.717) is 12.4 Å². The van der Waals surface area contributed by atoms with Gasteiger partial charge in [0.15, 0.2) is 0 Å². The fourth-order valence-corrected chi connectivity index (χ4v) is 3.48. The van der Waals surface area contributed by atoms with Crippen LogP contribution in [-0.2, 0) is 4.79 Å². The van der Waals surface area contributed by atoms with Gasteiger partial charge in [-0.05, 0) is 43.5 Å². The molecule has 1 aromatic rings. The molecule has 2 aliphatic rings. The van der Waals surface area contributed by atoms with Crippen molar-refractivity contribution in [1.82, 2.24) is 10.2 Å². The number of hydrogen-bond donors (Lipinski definition) is 1. The number of carbonyl (C=O) groups is 2. The molecule has 0 bridgehead atoms. The van der Waals surface area contributed by atoms with Crippen LogP contribution in [-0.4, -0.2) is 42.1 Å². The average molecular weight is 346 g/mol. The highest BCUT2D eigenvalue weighted by Crippen LogP contribution is 2.33. The molecular formula is C19H26N2O4. The van der Waals surface area contributed by atoms with E-state index in [4.69, 9.17) is 9.47 Å². The molecule has 1 saturated carbocycles. The van der Waals surface area contributed by atoms with E-state index >= 15 is 0 Å². The molecule has 0 radical (unpaired) electrons. The maximum Gasteiger partial charge on any atom is 0.325 e. The molecule has 0 unspecified atom stereocenters. The van der Waals surface area contributed by atoms with Crippen LogP contribution in [0.5, 0.6) is 11.5 Å². The van der Waals surface area contributed by atoms with Crippen LogP contribution < -0.4 is 14.8 Å². The smallest absolute Gasteiger partial charge is 0.325 e. The largest absolute Gasteiger partial charge is 0.494 e. The summed E-state index contributed by atoms with van der Waals surface area (Å²) in [5.41, 5.74) is -0.659. The van der Waals surface area contributed by atoms with Crippen LogP contribution in [0.1, 0.15) is 45.4 Å². The molecule has 2 fully saturated rings. The molecule has 1 heterocycles. The summed E-state index contributed by atoms with van der Waals surface area (Å²) >= 11 is 0. The minimum atomic E-state index is -0.659. The first-order valence-electron chi connectivity index (χ1n) is 9.14. The van der Waals surface area contributed by atoms with E-state index < -0.39 is 5.54 Å². The monoisotopic (exact) mass is 346 g/mol. The van der Waals surface area contributed by atoms with Gasteiger partial charge >= 0.3 is 6.03 Å². The normalized spacial score (nSPS) is 19.2. The van der Waals surface area contributed by atoms with Crippen LogP contribution >= 0.6 is 0 Å². The molecule has 1 spiro atoms. The van der Waals surface area contributed by atoms with E-state index in [1.807, 2.05) is 24.3 Å². The van der Waals surface area contributed by atoms with Gasteiger partial charge in [0.2, 0.25) is 0 Å². The van der Waals surface area contributed by atoms with Crippen molar-refractivity contribution < 1.29 is 19.1 Å². The standard InChI is InChI=1S/C19H26N2O4/c1-2-13-24-15-6-8-16(9-7-15)25-14-12-21-17(22)19(20-18(21)23)10-4-3-5-11-19/h6-9H,2-5,10-14H2,1H3,(H,20,23). The van der Waals surface area contributed by atoms with Gasteiger partial charge in [0.1, 0.15) is 23.6 Å². The number of benzene rings is 1. The van der Waals surface area contributed by atoms with Crippen molar-refractivity contribution in [1.29, 1.82) is 0 Å². The first-order chi connectivity index (χ1) is 12.1. The summed E-state index contributed by atoms with van der Waals surface area (Å²) in [6.07, 6.45) is 5.56. The Kier molecular flexibility index (Phi) is 5.46. The fraction of sp³-hybridized carbons (Fsp3) is 0.579. The Hall–Kier alpha value is -2.24. The number of imide groups is 1. The SMILES string of the molecule is CCCOc1ccc(OCCN2C(=O)NC3(CCCCC3)C2=O)cc1. The van der Waals surface area contributed by atoms with Gasteiger partial charge in [-0.2, -0.15) is 0 Å². The third kappa shape index (κ3) is 3.89. The van der Waals surface area contributed by atoms with Crippen LogP contribution in [0.3, 0.4) is 0 Å². The fourth-order valence-electron chi connectivity index (χ4n) is 3.48. The van der Waals surface area contributed by atoms with Crippen molar-refractivity contribution in [2.75, 3.05) is 19.8 Å². The second kappa shape index (κ2) is 7.76. The van der Waals surface area contributed by atoms with Gasteiger partial charge in [-0.25, -0.2) is 4.79 Å². The molecular weight excluding hydrogens is 320 g/mol. The first kappa shape index (κ1) is 17.6. The molecule has 1 aliphatic carbocycles. The van der Waals surface area contributed by atoms with Gasteiger partial charge in [-0.15, -0.1) is 0 Å². The molecule has 25 heavy (non-hydrogen) atoms. The number of amides is 3. The molecule has 6 heteroatoms. The van der Waals surface area contributed by atoms with E-state index in [9.17, 15) is 9.59 Å². The van der Waals surface area contributed by atoms with Gasteiger partial charge in [-0.3, -0.25) is 9.69 Å². The minimum absolute atomic E-state index is 0.0934. The molecule has 0 atom stereocenters. The number of nitrogens with zero attached hydrogens (tertiary/aromatic N) is 1. The Balaban J connectivity index is 1.50. The molecule has 1 aromatic carbocycles. The summed E-state index contributed by atoms with van der Waals surface area (Å²) in [7, 11) is 0. The van der Waals surface area contributed by atoms with Gasteiger partial charge in [-0.1, -0.05) is 26.2 Å². The van der Waals surface area contributed by atoms with Gasteiger partial charge in [0.25, 0.3) is 5.91 Å². The number of hydrogen-bond acceptors (Lipinski definition) is 4. The maximum absolute atomic E-state index is 12.7. The Labute approximate surface area is 148 Å². The minimum Gasteiger partial charge on any atom is -0.494 e. The van der Waals surface area contributed by atoms with Crippen LogP contribution in [0.15, 0.2) is 24.3 Å². The third-order valence-corrected chi connectivity index (χ3v) is 4.83. The number of rotatable bonds is 7. The Morgan fingerprint density at radius 3 is 2.20 bits per heavy atom. The van der Waals surface area contributed by atoms with Crippen molar-refractivity contribution in [3.8, 4) is 11.5 Å². The van der Waals surface area contributed by atoms with E-state index in [0.717, 1.165) is 44.3 Å². The number of carbonyl (C=O) groups excluding carboxylic acids is 2. The maximum atomic E-state index is 12.7. The van der Waals surface area contributed by atoms with Crippen LogP contribution in [0.2, 0.25) is 0 Å². The highest BCUT2D eigenvalue weighted by Gasteiger charge is 2.50. The van der Waals surface area contributed by atoms with Crippen molar-refractivity contribution in [3.63, 3.8) is 0 Å². The second-order valence-corrected chi connectivity index (χ2v) is 6.70. The van der Waals surface area contributed by atoms with Gasteiger partial charge in [0, 0.05) is 0 Å². The summed E-state index contributed by atoms with van der Waals surface area (Å²) in [5, 5.41) is 2.91. The molecule has 0 aromatic heterocycles. The summed E-state index contributed by atoms with van der Waals surface area (Å²) in [4.78, 5) is 26.1. The summed E-state index contributed by atoms with van der Waals surface area (Å²) < 4.78 is 11.2. The van der Waals surface area contributed by atoms with Crippen molar-refractivity contribution in [2.24, 2.45) is 0 Å². The number of nitrogens with one attached hydrogen (secondary N) is 1. The number of urea groups is 1. The van der Waals surface area contributed by atoms with E-state index in [2.05, 4.69) is 12.2 Å². The third-order valence-electron chi connectivity index (χ3n) is 4.83. The van der Waals surface area contributed by atoms with E-state index in [1.165, 1.54) is 4.90 Å². The van der Waals surface area contributed by atoms with Crippen LogP contribution in [0.25, 0.3) is 0 Å². The molecule has 1 saturated heterocycles. The number of ether oxygens (including phenoxy) is 2. The Bertz CT molecular complexity index is 608. The Morgan fingerprint density at radius 2 is 1.60 bits per heavy atom. The van der Waals surface area contributed by atoms with Gasteiger partial charge in [0.05, 0.1) is 13.2 Å². The second-order valence-electron chi connectivity index (χ2n) is 6.70. The highest BCUT2D eigenvalue weighted by atomic mass is 16.5. The van der Waals surface area contributed by atoms with Crippen molar-refractivity contribution in [3.05, 3.63) is 24.3 Å². The zero-order valence-electron chi connectivity index (χ0n) is 14.8. The quantitative estimate of drug-likeness (QED) is 0.770. The predicted molar refractivity (Wildman–Crippen MR) is 93.8 cm³/mol. The zero-order chi connectivity index (χ0) is 17.7. The topological polar surface area (TPSA) is 67.9 Å². The highest BCUT2D eigenvalue weighted by molar-refractivity contribution is 6.07. The van der Waals surface area contributed by atoms with E-state index in [1.54, 1.807) is 0 Å². The molecule has 136 valence electrons. The molecule has 3 amide bonds. The molecule has 1 N–H and O–H groups in total. The lowest BCUT2D eigenvalue weighted by Crippen LogP contribution is -2.48. The summed E-state index contributed by atoms with van der Waals surface area (Å²) in [6.45, 7) is 3.30. The van der Waals surface area contributed by atoms with Gasteiger partial charge < -0.3 is 14.8 Å². The van der Waals surface area contributed by atoms with Crippen LogP contribution in [0.4, 0.5) is 4.79 Å². The van der Waals surface area contributed by atoms with Crippen LogP contribution in [0, 0.1) is 0 Å². The predicted octanol–water partition coefficient (Wildman–Crippen LogP) is 3.11. The first-order valence-corrected chi connectivity index (χ1v) is 9.14. The van der Waals surface area contributed by atoms with E-state index in [-0.39, 0.29) is 25.1 Å². The molecule has 1 aliphatic heterocycles. The van der Waals surface area contributed by atoms with Crippen molar-refractivity contribution >= 4 is 11.9 Å². The lowest BCUT2D eigenvalue weighted by Gasteiger charge is -2.30. The average Bonchev–Trinajstić information content (AvgIpc) is 2.85. The molecule has 6 nitrogen and oxygen atoms in total. The lowest BCUT2D eigenvalue weighted by atomic mass is 9.82. The lowest BCUT2D eigenvalue weighted by molar-refractivity contribution is -0.132. The summed E-state index contributed by atoms with van der Waals surface area (Å²) in [5.74, 6) is 1.41. The van der Waals surface area contributed by atoms with Crippen molar-refractivity contribution in [2.45, 2.75) is 51.0 Å². The Morgan fingerprint density at radius 1 is 1.00 bits per heavy atom. The molecule has 3 rings (SSSR count).